The van der Waals surface area contributed by atoms with Gasteiger partial charge in [-0.25, -0.2) is 0 Å². The predicted octanol–water partition coefficient (Wildman–Crippen LogP) is 4.90. The Morgan fingerprint density at radius 1 is 0.963 bits per heavy atom. The van der Waals surface area contributed by atoms with Crippen molar-refractivity contribution in [3.63, 3.8) is 0 Å². The first-order valence-electron chi connectivity index (χ1n) is 9.53. The topological polar surface area (TPSA) is 53.7 Å². The van der Waals surface area contributed by atoms with Crippen LogP contribution in [-0.4, -0.2) is 20.3 Å². The van der Waals surface area contributed by atoms with Crippen LogP contribution < -0.4 is 19.9 Å². The molecule has 0 bridgehead atoms. The van der Waals surface area contributed by atoms with Gasteiger partial charge in [-0.15, -0.1) is 0 Å². The summed E-state index contributed by atoms with van der Waals surface area (Å²) in [5.41, 5.74) is 8.04. The van der Waals surface area contributed by atoms with Crippen molar-refractivity contribution in [1.29, 1.82) is 0 Å². The van der Waals surface area contributed by atoms with Gasteiger partial charge in [0.2, 0.25) is 0 Å². The molecule has 2 aromatic rings. The molecule has 0 aromatic heterocycles. The van der Waals surface area contributed by atoms with Gasteiger partial charge in [-0.2, -0.15) is 0 Å². The van der Waals surface area contributed by atoms with Crippen LogP contribution in [0.15, 0.2) is 54.6 Å². The van der Waals surface area contributed by atoms with Gasteiger partial charge in [-0.3, -0.25) is 0 Å². The molecule has 0 saturated heterocycles. The highest BCUT2D eigenvalue weighted by molar-refractivity contribution is 5.43. The Kier molecular flexibility index (Phi) is 8.72. The monoisotopic (exact) mass is 369 g/mol. The number of aryl methyl sites for hydroxylation is 1. The molecule has 0 fully saturated rings. The van der Waals surface area contributed by atoms with E-state index in [2.05, 4.69) is 31.2 Å². The largest absolute Gasteiger partial charge is 0.497 e. The lowest BCUT2D eigenvalue weighted by Crippen LogP contribution is -2.16. The molecule has 2 N–H and O–H groups in total. The molecule has 1 aliphatic rings. The van der Waals surface area contributed by atoms with Gasteiger partial charge in [0.25, 0.3) is 0 Å². The maximum atomic E-state index is 5.95. The molecule has 0 aliphatic heterocycles. The predicted molar refractivity (Wildman–Crippen MR) is 111 cm³/mol. The molecular weight excluding hydrogens is 338 g/mol. The lowest BCUT2D eigenvalue weighted by Gasteiger charge is -2.20. The van der Waals surface area contributed by atoms with E-state index in [9.17, 15) is 0 Å². The summed E-state index contributed by atoms with van der Waals surface area (Å²) in [5, 5.41) is 0. The van der Waals surface area contributed by atoms with Crippen LogP contribution in [0.4, 0.5) is 0 Å². The van der Waals surface area contributed by atoms with Crippen LogP contribution in [0, 0.1) is 0 Å². The second-order valence-corrected chi connectivity index (χ2v) is 6.41. The zero-order valence-electron chi connectivity index (χ0n) is 16.6. The van der Waals surface area contributed by atoms with Crippen LogP contribution in [0.3, 0.4) is 0 Å². The van der Waals surface area contributed by atoms with Gasteiger partial charge in [-0.1, -0.05) is 31.2 Å². The molecule has 1 aliphatic carbocycles. The highest BCUT2D eigenvalue weighted by atomic mass is 16.5. The minimum atomic E-state index is 0.158. The number of nitrogens with two attached hydrogens (primary N) is 1. The van der Waals surface area contributed by atoms with Crippen molar-refractivity contribution in [2.75, 3.05) is 14.2 Å². The molecule has 0 saturated carbocycles. The summed E-state index contributed by atoms with van der Waals surface area (Å²) in [6, 6.07) is 14.0. The Bertz CT molecular complexity index is 687. The van der Waals surface area contributed by atoms with Gasteiger partial charge in [0.15, 0.2) is 11.5 Å². The summed E-state index contributed by atoms with van der Waals surface area (Å²) in [6.07, 6.45) is 8.94. The van der Waals surface area contributed by atoms with E-state index < -0.39 is 0 Å². The summed E-state index contributed by atoms with van der Waals surface area (Å²) < 4.78 is 16.3. The molecule has 2 aromatic carbocycles. The lowest BCUT2D eigenvalue weighted by atomic mass is 10.1. The average Bonchev–Trinajstić information content (AvgIpc) is 2.75. The van der Waals surface area contributed by atoms with E-state index in [1.54, 1.807) is 14.2 Å². The van der Waals surface area contributed by atoms with Crippen molar-refractivity contribution in [1.82, 2.24) is 0 Å². The fourth-order valence-electron chi connectivity index (χ4n) is 2.84. The van der Waals surface area contributed by atoms with Gasteiger partial charge in [0.05, 0.1) is 14.2 Å². The quantitative estimate of drug-likeness (QED) is 0.736. The van der Waals surface area contributed by atoms with E-state index >= 15 is 0 Å². The first-order valence-corrected chi connectivity index (χ1v) is 9.53. The Morgan fingerprint density at radius 2 is 1.70 bits per heavy atom. The minimum Gasteiger partial charge on any atom is -0.497 e. The second kappa shape index (κ2) is 11.3. The van der Waals surface area contributed by atoms with E-state index in [1.807, 2.05) is 30.3 Å². The fourth-order valence-corrected chi connectivity index (χ4v) is 2.84. The van der Waals surface area contributed by atoms with Crippen LogP contribution >= 0.6 is 0 Å². The molecule has 0 spiro atoms. The highest BCUT2D eigenvalue weighted by Crippen LogP contribution is 2.30. The van der Waals surface area contributed by atoms with Crippen LogP contribution in [-0.2, 0) is 13.0 Å². The standard InChI is InChI=1S/C14H19NO2.C9H12O/c1-16-13-8-7-11(10-15)9-14(13)17-12-5-3-2-4-6-12;1-3-8-4-6-9(10-2)7-5-8/h3,5,7-9,12H,2,4,6,10,15H2,1H3;4-7H,3H2,1-2H3. The van der Waals surface area contributed by atoms with Crippen LogP contribution in [0.1, 0.15) is 37.3 Å². The molecule has 1 atom stereocenters. The SMILES string of the molecule is CCc1ccc(OC)cc1.COc1ccc(CN)cc1OC1C=CCCC1. The highest BCUT2D eigenvalue weighted by Gasteiger charge is 2.13. The fraction of sp³-hybridized carbons (Fsp3) is 0.391. The minimum absolute atomic E-state index is 0.158. The van der Waals surface area contributed by atoms with Gasteiger partial charge in [-0.05, 0) is 67.2 Å². The van der Waals surface area contributed by atoms with Crippen molar-refractivity contribution in [2.24, 2.45) is 5.73 Å². The van der Waals surface area contributed by atoms with Crippen LogP contribution in [0.25, 0.3) is 0 Å². The van der Waals surface area contributed by atoms with E-state index in [4.69, 9.17) is 19.9 Å². The normalized spacial score (nSPS) is 15.5. The first kappa shape index (κ1) is 20.8. The van der Waals surface area contributed by atoms with Crippen LogP contribution in [0.2, 0.25) is 0 Å². The van der Waals surface area contributed by atoms with Gasteiger partial charge in [0.1, 0.15) is 11.9 Å². The summed E-state index contributed by atoms with van der Waals surface area (Å²) in [4.78, 5) is 0. The van der Waals surface area contributed by atoms with Crippen molar-refractivity contribution < 1.29 is 14.2 Å². The zero-order valence-corrected chi connectivity index (χ0v) is 16.6. The van der Waals surface area contributed by atoms with E-state index in [0.29, 0.717) is 6.54 Å². The molecule has 1 unspecified atom stereocenters. The molecule has 4 heteroatoms. The number of allylic oxidation sites excluding steroid dienone is 1. The van der Waals surface area contributed by atoms with E-state index in [1.165, 1.54) is 12.0 Å². The maximum Gasteiger partial charge on any atom is 0.162 e. The number of benzene rings is 2. The first-order chi connectivity index (χ1) is 13.2. The Labute approximate surface area is 162 Å². The molecule has 27 heavy (non-hydrogen) atoms. The number of rotatable bonds is 6. The van der Waals surface area contributed by atoms with Gasteiger partial charge in [0, 0.05) is 6.54 Å². The number of ether oxygens (including phenoxy) is 3. The smallest absolute Gasteiger partial charge is 0.162 e. The Balaban J connectivity index is 0.000000223. The van der Waals surface area contributed by atoms with E-state index in [-0.39, 0.29) is 6.10 Å². The Hall–Kier alpha value is -2.46. The average molecular weight is 370 g/mol. The van der Waals surface area contributed by atoms with Crippen molar-refractivity contribution in [3.05, 3.63) is 65.7 Å². The van der Waals surface area contributed by atoms with Gasteiger partial charge >= 0.3 is 0 Å². The molecule has 0 radical (unpaired) electrons. The number of hydrogen-bond donors (Lipinski definition) is 1. The molecule has 4 nitrogen and oxygen atoms in total. The molecule has 3 rings (SSSR count). The summed E-state index contributed by atoms with van der Waals surface area (Å²) in [6.45, 7) is 2.66. The molecule has 0 heterocycles. The molecular formula is C23H31NO3. The van der Waals surface area contributed by atoms with E-state index in [0.717, 1.165) is 42.1 Å². The summed E-state index contributed by atoms with van der Waals surface area (Å²) >= 11 is 0. The third-order valence-corrected chi connectivity index (χ3v) is 4.52. The summed E-state index contributed by atoms with van der Waals surface area (Å²) in [7, 11) is 3.34. The maximum absolute atomic E-state index is 5.95. The zero-order chi connectivity index (χ0) is 19.5. The number of hydrogen-bond acceptors (Lipinski definition) is 4. The van der Waals surface area contributed by atoms with Gasteiger partial charge < -0.3 is 19.9 Å². The molecule has 0 amide bonds. The number of methoxy groups -OCH3 is 2. The Morgan fingerprint density at radius 3 is 2.26 bits per heavy atom. The van der Waals surface area contributed by atoms with Crippen molar-refractivity contribution in [2.45, 2.75) is 45.3 Å². The third kappa shape index (κ3) is 6.65. The van der Waals surface area contributed by atoms with Crippen molar-refractivity contribution in [3.8, 4) is 17.2 Å². The second-order valence-electron chi connectivity index (χ2n) is 6.41. The summed E-state index contributed by atoms with van der Waals surface area (Å²) in [5.74, 6) is 2.48. The third-order valence-electron chi connectivity index (χ3n) is 4.52. The van der Waals surface area contributed by atoms with Crippen LogP contribution in [0.5, 0.6) is 17.2 Å². The lowest BCUT2D eigenvalue weighted by molar-refractivity contribution is 0.219. The molecule has 146 valence electrons. The van der Waals surface area contributed by atoms with Crippen molar-refractivity contribution >= 4 is 0 Å².